The smallest absolute Gasteiger partial charge is 0.243 e. The average molecular weight is 296 g/mol. The largest absolute Gasteiger partial charge is 0.490 e. The van der Waals surface area contributed by atoms with Crippen LogP contribution in [0.2, 0.25) is 0 Å². The highest BCUT2D eigenvalue weighted by atomic mass is 32.2. The van der Waals surface area contributed by atoms with Crippen molar-refractivity contribution in [3.8, 4) is 5.75 Å². The molecule has 0 fully saturated rings. The van der Waals surface area contributed by atoms with Gasteiger partial charge in [0.1, 0.15) is 17.3 Å². The van der Waals surface area contributed by atoms with Crippen molar-refractivity contribution in [3.05, 3.63) is 36.7 Å². The van der Waals surface area contributed by atoms with Crippen LogP contribution >= 0.6 is 0 Å². The van der Waals surface area contributed by atoms with Crippen LogP contribution in [-0.2, 0) is 17.1 Å². The van der Waals surface area contributed by atoms with E-state index in [0.29, 0.717) is 11.4 Å². The normalized spacial score (nSPS) is 11.4. The number of anilines is 1. The van der Waals surface area contributed by atoms with Crippen molar-refractivity contribution in [1.82, 2.24) is 14.5 Å². The Bertz CT molecular complexity index is 682. The van der Waals surface area contributed by atoms with Crippen molar-refractivity contribution in [1.29, 1.82) is 0 Å². The number of nitrogens with zero attached hydrogens (tertiary/aromatic N) is 2. The van der Waals surface area contributed by atoms with Gasteiger partial charge in [-0.2, -0.15) is 5.10 Å². The SMILES string of the molecule is Cn1cc(S(=O)(=O)NCCOc2ccccc2N)cn1. The van der Waals surface area contributed by atoms with Crippen molar-refractivity contribution in [2.75, 3.05) is 18.9 Å². The summed E-state index contributed by atoms with van der Waals surface area (Å²) < 4.78 is 33.0. The molecule has 2 rings (SSSR count). The van der Waals surface area contributed by atoms with Gasteiger partial charge in [-0.15, -0.1) is 0 Å². The van der Waals surface area contributed by atoms with E-state index < -0.39 is 10.0 Å². The van der Waals surface area contributed by atoms with Gasteiger partial charge in [-0.3, -0.25) is 4.68 Å². The molecule has 1 heterocycles. The Balaban J connectivity index is 1.86. The lowest BCUT2D eigenvalue weighted by atomic mass is 10.3. The first-order valence-corrected chi connectivity index (χ1v) is 7.43. The monoisotopic (exact) mass is 296 g/mol. The number of ether oxygens (including phenoxy) is 1. The van der Waals surface area contributed by atoms with Crippen LogP contribution in [-0.4, -0.2) is 31.3 Å². The van der Waals surface area contributed by atoms with E-state index in [9.17, 15) is 8.42 Å². The van der Waals surface area contributed by atoms with Crippen LogP contribution in [0.15, 0.2) is 41.6 Å². The molecule has 7 nitrogen and oxygen atoms in total. The van der Waals surface area contributed by atoms with Crippen LogP contribution in [0.3, 0.4) is 0 Å². The van der Waals surface area contributed by atoms with E-state index in [1.165, 1.54) is 17.1 Å². The van der Waals surface area contributed by atoms with Crippen molar-refractivity contribution in [2.24, 2.45) is 7.05 Å². The second-order valence-corrected chi connectivity index (χ2v) is 5.90. The van der Waals surface area contributed by atoms with E-state index in [-0.39, 0.29) is 18.0 Å². The molecule has 1 aromatic carbocycles. The van der Waals surface area contributed by atoms with Gasteiger partial charge in [-0.05, 0) is 12.1 Å². The molecule has 0 spiro atoms. The number of sulfonamides is 1. The summed E-state index contributed by atoms with van der Waals surface area (Å²) in [6, 6.07) is 7.04. The van der Waals surface area contributed by atoms with E-state index in [1.54, 1.807) is 31.3 Å². The molecule has 2 aromatic rings. The second-order valence-electron chi connectivity index (χ2n) is 4.13. The van der Waals surface area contributed by atoms with Crippen LogP contribution in [0, 0.1) is 0 Å². The van der Waals surface area contributed by atoms with Gasteiger partial charge in [-0.25, -0.2) is 13.1 Å². The van der Waals surface area contributed by atoms with Crippen LogP contribution < -0.4 is 15.2 Å². The average Bonchev–Trinajstić information content (AvgIpc) is 2.84. The Kier molecular flexibility index (Phi) is 4.26. The first-order valence-electron chi connectivity index (χ1n) is 5.94. The van der Waals surface area contributed by atoms with Crippen molar-refractivity contribution in [3.63, 3.8) is 0 Å². The number of benzene rings is 1. The number of nitrogen functional groups attached to an aromatic ring is 1. The summed E-state index contributed by atoms with van der Waals surface area (Å²) in [5.74, 6) is 0.535. The zero-order valence-corrected chi connectivity index (χ0v) is 11.8. The molecule has 0 aliphatic carbocycles. The van der Waals surface area contributed by atoms with Crippen molar-refractivity contribution >= 4 is 15.7 Å². The summed E-state index contributed by atoms with van der Waals surface area (Å²) in [5.41, 5.74) is 6.22. The Labute approximate surface area is 117 Å². The third-order valence-corrected chi connectivity index (χ3v) is 3.98. The van der Waals surface area contributed by atoms with Crippen molar-refractivity contribution in [2.45, 2.75) is 4.90 Å². The molecule has 0 saturated carbocycles. The Morgan fingerprint density at radius 3 is 2.80 bits per heavy atom. The maximum absolute atomic E-state index is 11.9. The third-order valence-electron chi connectivity index (χ3n) is 2.56. The minimum absolute atomic E-state index is 0.124. The van der Waals surface area contributed by atoms with Gasteiger partial charge in [0.05, 0.1) is 11.9 Å². The molecule has 3 N–H and O–H groups in total. The minimum atomic E-state index is -3.55. The molecule has 20 heavy (non-hydrogen) atoms. The van der Waals surface area contributed by atoms with Gasteiger partial charge in [0, 0.05) is 19.8 Å². The maximum atomic E-state index is 11.9. The molecule has 0 radical (unpaired) electrons. The molecule has 0 aliphatic rings. The molecule has 0 aliphatic heterocycles. The van der Waals surface area contributed by atoms with Crippen molar-refractivity contribution < 1.29 is 13.2 Å². The molecule has 0 saturated heterocycles. The number of rotatable bonds is 6. The van der Waals surface area contributed by atoms with E-state index in [1.807, 2.05) is 0 Å². The zero-order chi connectivity index (χ0) is 14.6. The minimum Gasteiger partial charge on any atom is -0.490 e. The molecule has 0 atom stereocenters. The summed E-state index contributed by atoms with van der Waals surface area (Å²) >= 11 is 0. The van der Waals surface area contributed by atoms with E-state index in [2.05, 4.69) is 9.82 Å². The number of aryl methyl sites for hydroxylation is 1. The topological polar surface area (TPSA) is 99.2 Å². The van der Waals surface area contributed by atoms with Crippen LogP contribution in [0.5, 0.6) is 5.75 Å². The number of hydrogen-bond acceptors (Lipinski definition) is 5. The number of para-hydroxylation sites is 2. The predicted octanol–water partition coefficient (Wildman–Crippen LogP) is 0.360. The third kappa shape index (κ3) is 3.49. The molecular weight excluding hydrogens is 280 g/mol. The second kappa shape index (κ2) is 5.93. The first-order chi connectivity index (χ1) is 9.49. The van der Waals surface area contributed by atoms with Crippen LogP contribution in [0.1, 0.15) is 0 Å². The fourth-order valence-electron chi connectivity index (χ4n) is 1.57. The van der Waals surface area contributed by atoms with Gasteiger partial charge in [0.25, 0.3) is 0 Å². The molecular formula is C12H16N4O3S. The lowest BCUT2D eigenvalue weighted by Crippen LogP contribution is -2.28. The molecule has 1 aromatic heterocycles. The predicted molar refractivity (Wildman–Crippen MR) is 74.7 cm³/mol. The molecule has 0 amide bonds. The number of nitrogens with one attached hydrogen (secondary N) is 1. The highest BCUT2D eigenvalue weighted by Gasteiger charge is 2.15. The number of aromatic nitrogens is 2. The fraction of sp³-hybridized carbons (Fsp3) is 0.250. The van der Waals surface area contributed by atoms with Gasteiger partial charge in [0.15, 0.2) is 0 Å². The van der Waals surface area contributed by atoms with E-state index in [0.717, 1.165) is 0 Å². The van der Waals surface area contributed by atoms with E-state index in [4.69, 9.17) is 10.5 Å². The quantitative estimate of drug-likeness (QED) is 0.592. The molecule has 8 heteroatoms. The zero-order valence-electron chi connectivity index (χ0n) is 11.0. The van der Waals surface area contributed by atoms with E-state index >= 15 is 0 Å². The Hall–Kier alpha value is -2.06. The molecule has 108 valence electrons. The summed E-state index contributed by atoms with van der Waals surface area (Å²) in [6.07, 6.45) is 2.72. The summed E-state index contributed by atoms with van der Waals surface area (Å²) in [7, 11) is -1.90. The Morgan fingerprint density at radius 1 is 1.40 bits per heavy atom. The lowest BCUT2D eigenvalue weighted by Gasteiger charge is -2.09. The first kappa shape index (κ1) is 14.4. The fourth-order valence-corrected chi connectivity index (χ4v) is 2.57. The lowest BCUT2D eigenvalue weighted by molar-refractivity contribution is 0.324. The summed E-state index contributed by atoms with van der Waals surface area (Å²) in [4.78, 5) is 0.124. The van der Waals surface area contributed by atoms with Crippen LogP contribution in [0.4, 0.5) is 5.69 Å². The van der Waals surface area contributed by atoms with Gasteiger partial charge in [0.2, 0.25) is 10.0 Å². The highest BCUT2D eigenvalue weighted by Crippen LogP contribution is 2.19. The van der Waals surface area contributed by atoms with Crippen LogP contribution in [0.25, 0.3) is 0 Å². The highest BCUT2D eigenvalue weighted by molar-refractivity contribution is 7.89. The molecule has 0 bridgehead atoms. The Morgan fingerprint density at radius 2 is 2.15 bits per heavy atom. The molecule has 0 unspecified atom stereocenters. The number of nitrogens with two attached hydrogens (primary N) is 1. The standard InChI is InChI=1S/C12H16N4O3S/c1-16-9-10(8-14-16)20(17,18)15-6-7-19-12-5-3-2-4-11(12)13/h2-5,8-9,15H,6-7,13H2,1H3. The number of hydrogen-bond donors (Lipinski definition) is 2. The van der Waals surface area contributed by atoms with Gasteiger partial charge in [-0.1, -0.05) is 12.1 Å². The maximum Gasteiger partial charge on any atom is 0.243 e. The summed E-state index contributed by atoms with van der Waals surface area (Å²) in [6.45, 7) is 0.333. The summed E-state index contributed by atoms with van der Waals surface area (Å²) in [5, 5.41) is 3.82. The van der Waals surface area contributed by atoms with Gasteiger partial charge < -0.3 is 10.5 Å². The van der Waals surface area contributed by atoms with Gasteiger partial charge >= 0.3 is 0 Å².